The average molecular weight is 261 g/mol. The molecular weight excluding hydrogens is 234 g/mol. The van der Waals surface area contributed by atoms with Gasteiger partial charge in [-0.15, -0.1) is 0 Å². The van der Waals surface area contributed by atoms with E-state index >= 15 is 0 Å². The van der Waals surface area contributed by atoms with Crippen molar-refractivity contribution in [2.45, 2.75) is 58.1 Å². The number of ether oxygens (including phenoxy) is 1. The van der Waals surface area contributed by atoms with E-state index in [1.807, 2.05) is 7.05 Å². The summed E-state index contributed by atoms with van der Waals surface area (Å²) in [6, 6.07) is 9.06. The molecule has 0 amide bonds. The van der Waals surface area contributed by atoms with E-state index in [0.29, 0.717) is 12.1 Å². The van der Waals surface area contributed by atoms with Crippen LogP contribution in [0.2, 0.25) is 0 Å². The average Bonchev–Trinajstić information content (AvgIpc) is 2.42. The quantitative estimate of drug-likeness (QED) is 0.852. The molecule has 2 heteroatoms. The molecule has 3 atom stereocenters. The van der Waals surface area contributed by atoms with Crippen LogP contribution in [0.15, 0.2) is 24.3 Å². The third-order valence-corrected chi connectivity index (χ3v) is 4.23. The van der Waals surface area contributed by atoms with Crippen molar-refractivity contribution in [3.05, 3.63) is 29.8 Å². The maximum Gasteiger partial charge on any atom is 0.119 e. The number of benzene rings is 1. The lowest BCUT2D eigenvalue weighted by molar-refractivity contribution is 0.129. The van der Waals surface area contributed by atoms with Gasteiger partial charge < -0.3 is 10.1 Å². The number of hydrogen-bond acceptors (Lipinski definition) is 2. The van der Waals surface area contributed by atoms with Gasteiger partial charge in [0.25, 0.3) is 0 Å². The first-order valence-electron chi connectivity index (χ1n) is 7.66. The maximum absolute atomic E-state index is 6.11. The third-order valence-electron chi connectivity index (χ3n) is 4.23. The molecule has 106 valence electrons. The zero-order valence-electron chi connectivity index (χ0n) is 12.5. The molecule has 0 heterocycles. The highest BCUT2D eigenvalue weighted by atomic mass is 16.5. The first kappa shape index (κ1) is 14.4. The van der Waals surface area contributed by atoms with Crippen molar-refractivity contribution in [3.8, 4) is 5.75 Å². The third kappa shape index (κ3) is 3.97. The fourth-order valence-corrected chi connectivity index (χ4v) is 3.06. The van der Waals surface area contributed by atoms with Crippen LogP contribution in [0.5, 0.6) is 5.75 Å². The van der Waals surface area contributed by atoms with Gasteiger partial charge in [0.2, 0.25) is 0 Å². The summed E-state index contributed by atoms with van der Waals surface area (Å²) in [7, 11) is 2.02. The van der Waals surface area contributed by atoms with Crippen LogP contribution < -0.4 is 10.1 Å². The zero-order valence-corrected chi connectivity index (χ0v) is 12.5. The predicted molar refractivity (Wildman–Crippen MR) is 80.6 cm³/mol. The Morgan fingerprint density at radius 2 is 2.00 bits per heavy atom. The van der Waals surface area contributed by atoms with Gasteiger partial charge in [-0.25, -0.2) is 0 Å². The normalized spacial score (nSPS) is 25.0. The molecule has 2 nitrogen and oxygen atoms in total. The van der Waals surface area contributed by atoms with Gasteiger partial charge in [0, 0.05) is 6.04 Å². The maximum atomic E-state index is 6.11. The van der Waals surface area contributed by atoms with Crippen molar-refractivity contribution in [2.24, 2.45) is 5.92 Å². The largest absolute Gasteiger partial charge is 0.490 e. The highest BCUT2D eigenvalue weighted by molar-refractivity contribution is 5.29. The predicted octanol–water partition coefficient (Wildman–Crippen LogP) is 4.31. The molecule has 1 fully saturated rings. The van der Waals surface area contributed by atoms with Gasteiger partial charge in [-0.2, -0.15) is 0 Å². The fourth-order valence-electron chi connectivity index (χ4n) is 3.06. The Kier molecular flexibility index (Phi) is 5.26. The lowest BCUT2D eigenvalue weighted by Gasteiger charge is -2.27. The van der Waals surface area contributed by atoms with Gasteiger partial charge >= 0.3 is 0 Å². The Morgan fingerprint density at radius 1 is 1.26 bits per heavy atom. The Hall–Kier alpha value is -1.02. The molecule has 1 aromatic rings. The van der Waals surface area contributed by atoms with Crippen LogP contribution in [-0.2, 0) is 0 Å². The van der Waals surface area contributed by atoms with Gasteiger partial charge in [-0.3, -0.25) is 0 Å². The molecule has 19 heavy (non-hydrogen) atoms. The molecule has 3 unspecified atom stereocenters. The minimum absolute atomic E-state index is 0.417. The van der Waals surface area contributed by atoms with E-state index in [-0.39, 0.29) is 0 Å². The second-order valence-electron chi connectivity index (χ2n) is 5.83. The molecule has 0 bridgehead atoms. The van der Waals surface area contributed by atoms with Crippen LogP contribution in [0.4, 0.5) is 0 Å². The van der Waals surface area contributed by atoms with E-state index in [0.717, 1.165) is 18.1 Å². The van der Waals surface area contributed by atoms with Crippen molar-refractivity contribution in [3.63, 3.8) is 0 Å². The molecule has 0 aromatic heterocycles. The Bertz CT molecular complexity index is 369. The zero-order chi connectivity index (χ0) is 13.7. The molecule has 1 aliphatic carbocycles. The van der Waals surface area contributed by atoms with Crippen LogP contribution in [0.25, 0.3) is 0 Å². The molecule has 0 spiro atoms. The van der Waals surface area contributed by atoms with Gasteiger partial charge in [0.05, 0.1) is 6.10 Å². The summed E-state index contributed by atoms with van der Waals surface area (Å²) in [4.78, 5) is 0. The summed E-state index contributed by atoms with van der Waals surface area (Å²) in [5.74, 6) is 1.83. The van der Waals surface area contributed by atoms with Crippen molar-refractivity contribution >= 4 is 0 Å². The Labute approximate surface area is 117 Å². The van der Waals surface area contributed by atoms with E-state index in [9.17, 15) is 0 Å². The van der Waals surface area contributed by atoms with Gasteiger partial charge in [-0.05, 0) is 56.3 Å². The van der Waals surface area contributed by atoms with Crippen LogP contribution in [-0.4, -0.2) is 13.2 Å². The number of hydrogen-bond donors (Lipinski definition) is 1. The van der Waals surface area contributed by atoms with E-state index < -0.39 is 0 Å². The summed E-state index contributed by atoms with van der Waals surface area (Å²) < 4.78 is 6.11. The van der Waals surface area contributed by atoms with Gasteiger partial charge in [-0.1, -0.05) is 32.4 Å². The molecule has 0 aliphatic heterocycles. The molecule has 1 aliphatic rings. The van der Waals surface area contributed by atoms with Gasteiger partial charge in [0.15, 0.2) is 0 Å². The standard InChI is InChI=1S/C17H27NO/c1-4-17(18-3)14-8-10-15(11-9-14)19-16-7-5-6-13(2)12-16/h8-11,13,16-18H,4-7,12H2,1-3H3. The smallest absolute Gasteiger partial charge is 0.119 e. The first-order valence-corrected chi connectivity index (χ1v) is 7.66. The van der Waals surface area contributed by atoms with E-state index in [1.54, 1.807) is 0 Å². The van der Waals surface area contributed by atoms with E-state index in [2.05, 4.69) is 43.4 Å². The SMILES string of the molecule is CCC(NC)c1ccc(OC2CCCC(C)C2)cc1. The number of rotatable bonds is 5. The summed E-state index contributed by atoms with van der Waals surface area (Å²) in [5.41, 5.74) is 1.34. The van der Waals surface area contributed by atoms with Crippen molar-refractivity contribution in [1.82, 2.24) is 5.32 Å². The van der Waals surface area contributed by atoms with E-state index in [1.165, 1.54) is 31.2 Å². The Balaban J connectivity index is 1.94. The monoisotopic (exact) mass is 261 g/mol. The lowest BCUT2D eigenvalue weighted by Crippen LogP contribution is -2.24. The van der Waals surface area contributed by atoms with Crippen LogP contribution >= 0.6 is 0 Å². The molecule has 0 saturated heterocycles. The van der Waals surface area contributed by atoms with Crippen LogP contribution in [0, 0.1) is 5.92 Å². The summed E-state index contributed by atoms with van der Waals surface area (Å²) >= 11 is 0. The van der Waals surface area contributed by atoms with Crippen LogP contribution in [0.3, 0.4) is 0 Å². The topological polar surface area (TPSA) is 21.3 Å². The Morgan fingerprint density at radius 3 is 2.58 bits per heavy atom. The second kappa shape index (κ2) is 6.95. The van der Waals surface area contributed by atoms with Crippen molar-refractivity contribution < 1.29 is 4.74 Å². The van der Waals surface area contributed by atoms with Crippen LogP contribution in [0.1, 0.15) is 57.6 Å². The summed E-state index contributed by atoms with van der Waals surface area (Å²) in [6.07, 6.45) is 6.61. The summed E-state index contributed by atoms with van der Waals surface area (Å²) in [5, 5.41) is 3.33. The summed E-state index contributed by atoms with van der Waals surface area (Å²) in [6.45, 7) is 4.53. The first-order chi connectivity index (χ1) is 9.22. The molecule has 1 saturated carbocycles. The highest BCUT2D eigenvalue weighted by Gasteiger charge is 2.20. The van der Waals surface area contributed by atoms with E-state index in [4.69, 9.17) is 4.74 Å². The number of nitrogens with one attached hydrogen (secondary N) is 1. The van der Waals surface area contributed by atoms with Crippen molar-refractivity contribution in [2.75, 3.05) is 7.05 Å². The fraction of sp³-hybridized carbons (Fsp3) is 0.647. The van der Waals surface area contributed by atoms with Gasteiger partial charge in [0.1, 0.15) is 5.75 Å². The minimum Gasteiger partial charge on any atom is -0.490 e. The molecule has 1 N–H and O–H groups in total. The molecular formula is C17H27NO. The second-order valence-corrected chi connectivity index (χ2v) is 5.83. The van der Waals surface area contributed by atoms with Crippen molar-refractivity contribution in [1.29, 1.82) is 0 Å². The lowest BCUT2D eigenvalue weighted by atomic mass is 9.89. The highest BCUT2D eigenvalue weighted by Crippen LogP contribution is 2.28. The molecule has 0 radical (unpaired) electrons. The molecule has 1 aromatic carbocycles. The minimum atomic E-state index is 0.417. The molecule has 2 rings (SSSR count).